The fourth-order valence-corrected chi connectivity index (χ4v) is 3.33. The van der Waals surface area contributed by atoms with Crippen molar-refractivity contribution >= 4 is 16.9 Å². The van der Waals surface area contributed by atoms with Gasteiger partial charge in [-0.1, -0.05) is 38.8 Å². The molecule has 0 saturated heterocycles. The van der Waals surface area contributed by atoms with E-state index >= 15 is 0 Å². The average Bonchev–Trinajstić information content (AvgIpc) is 3.31. The van der Waals surface area contributed by atoms with Crippen LogP contribution >= 0.6 is 0 Å². The molecular formula is C18H22N6O. The van der Waals surface area contributed by atoms with Crippen LogP contribution in [0.1, 0.15) is 62.9 Å². The summed E-state index contributed by atoms with van der Waals surface area (Å²) in [5.41, 5.74) is 2.63. The lowest BCUT2D eigenvalue weighted by Crippen LogP contribution is -2.20. The fourth-order valence-electron chi connectivity index (χ4n) is 3.33. The second-order valence-electron chi connectivity index (χ2n) is 7.76. The number of aromatic amines is 1. The molecule has 7 nitrogen and oxygen atoms in total. The number of nitrogens with one attached hydrogen (secondary N) is 1. The molecule has 3 heterocycles. The minimum atomic E-state index is -0.474. The summed E-state index contributed by atoms with van der Waals surface area (Å²) in [5, 5.41) is 8.52. The Morgan fingerprint density at radius 1 is 1.24 bits per heavy atom. The Bertz CT molecular complexity index is 927. The molecular weight excluding hydrogens is 316 g/mol. The minimum absolute atomic E-state index is 0.0415. The average molecular weight is 338 g/mol. The molecule has 0 unspecified atom stereocenters. The molecule has 7 heteroatoms. The van der Waals surface area contributed by atoms with E-state index in [1.54, 1.807) is 12.4 Å². The molecule has 1 aliphatic rings. The molecule has 4 rings (SSSR count). The maximum atomic E-state index is 12.6. The molecule has 130 valence electrons. The highest BCUT2D eigenvalue weighted by molar-refractivity contribution is 6.08. The molecule has 3 aromatic rings. The van der Waals surface area contributed by atoms with Gasteiger partial charge in [-0.05, 0) is 12.8 Å². The zero-order valence-corrected chi connectivity index (χ0v) is 14.8. The van der Waals surface area contributed by atoms with Gasteiger partial charge in [0.1, 0.15) is 16.9 Å². The SMILES string of the molecule is CC(C)(C)C(=O)c1c[nH]c2ncc(-c3cn(C4CCCC4)nn3)nc12. The lowest BCUT2D eigenvalue weighted by molar-refractivity contribution is 0.0860. The second-order valence-corrected chi connectivity index (χ2v) is 7.76. The Morgan fingerprint density at radius 3 is 2.72 bits per heavy atom. The largest absolute Gasteiger partial charge is 0.344 e. The summed E-state index contributed by atoms with van der Waals surface area (Å²) in [5.74, 6) is 0.0415. The highest BCUT2D eigenvalue weighted by Crippen LogP contribution is 2.30. The van der Waals surface area contributed by atoms with Crippen LogP contribution in [-0.2, 0) is 0 Å². The van der Waals surface area contributed by atoms with Gasteiger partial charge in [-0.2, -0.15) is 0 Å². The summed E-state index contributed by atoms with van der Waals surface area (Å²) in [6.07, 6.45) is 10.1. The summed E-state index contributed by atoms with van der Waals surface area (Å²) in [4.78, 5) is 24.7. The predicted molar refractivity (Wildman–Crippen MR) is 94.2 cm³/mol. The van der Waals surface area contributed by atoms with E-state index in [9.17, 15) is 4.79 Å². The normalized spacial score (nSPS) is 16.0. The van der Waals surface area contributed by atoms with Crippen LogP contribution in [0.15, 0.2) is 18.6 Å². The molecule has 1 N–H and O–H groups in total. The predicted octanol–water partition coefficient (Wildman–Crippen LogP) is 3.56. The Morgan fingerprint density at radius 2 is 2.00 bits per heavy atom. The van der Waals surface area contributed by atoms with E-state index in [0.29, 0.717) is 34.2 Å². The number of H-pyrrole nitrogens is 1. The summed E-state index contributed by atoms with van der Waals surface area (Å²) in [6.45, 7) is 5.70. The van der Waals surface area contributed by atoms with Gasteiger partial charge >= 0.3 is 0 Å². The van der Waals surface area contributed by atoms with Crippen LogP contribution in [0, 0.1) is 5.41 Å². The lowest BCUT2D eigenvalue weighted by atomic mass is 9.87. The van der Waals surface area contributed by atoms with Crippen LogP contribution in [0.25, 0.3) is 22.6 Å². The van der Waals surface area contributed by atoms with Crippen LogP contribution in [0.5, 0.6) is 0 Å². The Labute approximate surface area is 145 Å². The monoisotopic (exact) mass is 338 g/mol. The van der Waals surface area contributed by atoms with Crippen LogP contribution in [0.4, 0.5) is 0 Å². The van der Waals surface area contributed by atoms with Gasteiger partial charge in [0.2, 0.25) is 0 Å². The van der Waals surface area contributed by atoms with Gasteiger partial charge in [-0.25, -0.2) is 14.6 Å². The molecule has 0 atom stereocenters. The Hall–Kier alpha value is -2.57. The van der Waals surface area contributed by atoms with Crippen molar-refractivity contribution in [2.75, 3.05) is 0 Å². The first-order valence-corrected chi connectivity index (χ1v) is 8.74. The van der Waals surface area contributed by atoms with E-state index in [-0.39, 0.29) is 5.78 Å². The third kappa shape index (κ3) is 2.83. The first-order valence-electron chi connectivity index (χ1n) is 8.74. The molecule has 1 fully saturated rings. The van der Waals surface area contributed by atoms with Crippen molar-refractivity contribution in [1.29, 1.82) is 0 Å². The molecule has 0 amide bonds. The number of carbonyl (C=O) groups is 1. The molecule has 0 radical (unpaired) electrons. The standard InChI is InChI=1S/C18H22N6O/c1-18(2,3)16(25)12-8-19-17-15(12)21-13(9-20-17)14-10-24(23-22-14)11-6-4-5-7-11/h8-11H,4-7H2,1-3H3,(H,19,20). The zero-order chi connectivity index (χ0) is 17.6. The maximum absolute atomic E-state index is 12.6. The van der Waals surface area contributed by atoms with Crippen molar-refractivity contribution in [2.45, 2.75) is 52.5 Å². The maximum Gasteiger partial charge on any atom is 0.171 e. The van der Waals surface area contributed by atoms with Crippen molar-refractivity contribution in [3.8, 4) is 11.4 Å². The second kappa shape index (κ2) is 5.75. The molecule has 1 saturated carbocycles. The number of carbonyl (C=O) groups excluding carboxylic acids is 1. The molecule has 0 aliphatic heterocycles. The number of fused-ring (bicyclic) bond motifs is 1. The zero-order valence-electron chi connectivity index (χ0n) is 14.8. The molecule has 3 aromatic heterocycles. The number of hydrogen-bond acceptors (Lipinski definition) is 5. The van der Waals surface area contributed by atoms with Gasteiger partial charge in [-0.15, -0.1) is 5.10 Å². The van der Waals surface area contributed by atoms with Crippen LogP contribution < -0.4 is 0 Å². The van der Waals surface area contributed by atoms with Gasteiger partial charge in [0.15, 0.2) is 11.4 Å². The number of rotatable bonds is 3. The van der Waals surface area contributed by atoms with Crippen LogP contribution in [-0.4, -0.2) is 35.7 Å². The number of Topliss-reactive ketones (excluding diaryl/α,β-unsaturated/α-hetero) is 1. The summed E-state index contributed by atoms with van der Waals surface area (Å²) in [6, 6.07) is 0.434. The summed E-state index contributed by atoms with van der Waals surface area (Å²) < 4.78 is 1.94. The Kier molecular flexibility index (Phi) is 3.67. The van der Waals surface area contributed by atoms with Gasteiger partial charge in [-0.3, -0.25) is 4.79 Å². The number of ketones is 1. The topological polar surface area (TPSA) is 89.4 Å². The third-order valence-corrected chi connectivity index (χ3v) is 4.78. The number of hydrogen-bond donors (Lipinski definition) is 1. The molecule has 0 spiro atoms. The van der Waals surface area contributed by atoms with E-state index in [1.165, 1.54) is 12.8 Å². The van der Waals surface area contributed by atoms with E-state index in [0.717, 1.165) is 12.8 Å². The van der Waals surface area contributed by atoms with Crippen molar-refractivity contribution in [3.05, 3.63) is 24.2 Å². The summed E-state index contributed by atoms with van der Waals surface area (Å²) in [7, 11) is 0. The molecule has 0 bridgehead atoms. The lowest BCUT2D eigenvalue weighted by Gasteiger charge is -2.15. The van der Waals surface area contributed by atoms with Crippen LogP contribution in [0.3, 0.4) is 0 Å². The summed E-state index contributed by atoms with van der Waals surface area (Å²) >= 11 is 0. The van der Waals surface area contributed by atoms with Crippen molar-refractivity contribution in [2.24, 2.45) is 5.41 Å². The molecule has 25 heavy (non-hydrogen) atoms. The quantitative estimate of drug-likeness (QED) is 0.738. The van der Waals surface area contributed by atoms with E-state index < -0.39 is 5.41 Å². The first-order chi connectivity index (χ1) is 11.9. The highest BCUT2D eigenvalue weighted by atomic mass is 16.1. The Balaban J connectivity index is 1.72. The third-order valence-electron chi connectivity index (χ3n) is 4.78. The number of aromatic nitrogens is 6. The molecule has 1 aliphatic carbocycles. The number of nitrogens with zero attached hydrogens (tertiary/aromatic N) is 5. The molecule has 0 aromatic carbocycles. The first kappa shape index (κ1) is 15.9. The fraction of sp³-hybridized carbons (Fsp3) is 0.500. The van der Waals surface area contributed by atoms with Gasteiger partial charge in [0, 0.05) is 11.6 Å². The van der Waals surface area contributed by atoms with E-state index in [4.69, 9.17) is 0 Å². The van der Waals surface area contributed by atoms with Gasteiger partial charge in [0.05, 0.1) is 24.0 Å². The van der Waals surface area contributed by atoms with Crippen molar-refractivity contribution < 1.29 is 4.79 Å². The smallest absolute Gasteiger partial charge is 0.171 e. The van der Waals surface area contributed by atoms with Crippen LogP contribution in [0.2, 0.25) is 0 Å². The minimum Gasteiger partial charge on any atom is -0.344 e. The van der Waals surface area contributed by atoms with E-state index in [2.05, 4.69) is 25.3 Å². The van der Waals surface area contributed by atoms with E-state index in [1.807, 2.05) is 31.6 Å². The van der Waals surface area contributed by atoms with Crippen molar-refractivity contribution in [1.82, 2.24) is 29.9 Å². The van der Waals surface area contributed by atoms with Gasteiger partial charge in [0.25, 0.3) is 0 Å². The highest BCUT2D eigenvalue weighted by Gasteiger charge is 2.27. The van der Waals surface area contributed by atoms with Crippen molar-refractivity contribution in [3.63, 3.8) is 0 Å². The van der Waals surface area contributed by atoms with Gasteiger partial charge < -0.3 is 4.98 Å².